The molecule has 3 nitrogen and oxygen atoms in total. The number of alkyl halides is 3. The third-order valence-electron chi connectivity index (χ3n) is 2.53. The van der Waals surface area contributed by atoms with E-state index in [2.05, 4.69) is 0 Å². The van der Waals surface area contributed by atoms with E-state index in [4.69, 9.17) is 0 Å². The van der Waals surface area contributed by atoms with Gasteiger partial charge in [-0.1, -0.05) is 0 Å². The summed E-state index contributed by atoms with van der Waals surface area (Å²) in [6.45, 7) is 0. The van der Waals surface area contributed by atoms with Crippen LogP contribution < -0.4 is 2.53 Å². The van der Waals surface area contributed by atoms with Crippen LogP contribution in [0.3, 0.4) is 0 Å². The van der Waals surface area contributed by atoms with Gasteiger partial charge < -0.3 is 0 Å². The first-order valence-corrected chi connectivity index (χ1v) is 17.0. The van der Waals surface area contributed by atoms with Gasteiger partial charge in [0.1, 0.15) is 0 Å². The molecule has 1 aromatic carbocycles. The van der Waals surface area contributed by atoms with E-state index in [1.54, 1.807) is 0 Å². The molecule has 0 unspecified atom stereocenters. The van der Waals surface area contributed by atoms with Crippen LogP contribution in [0.15, 0.2) is 0 Å². The van der Waals surface area contributed by atoms with Gasteiger partial charge in [0.15, 0.2) is 0 Å². The molecule has 132 valence electrons. The zero-order valence-electron chi connectivity index (χ0n) is 11.7. The molecule has 0 heterocycles. The Bertz CT molecular complexity index is 712. The summed E-state index contributed by atoms with van der Waals surface area (Å²) < 4.78 is 128. The quantitative estimate of drug-likeness (QED) is 0.287. The normalized spacial score (nSPS) is 13.3. The van der Waals surface area contributed by atoms with Crippen LogP contribution >= 0.6 is 0 Å². The second-order valence-electron chi connectivity index (χ2n) is 5.30. The molecule has 0 N–H and O–H groups in total. The molecule has 0 saturated heterocycles. The van der Waals surface area contributed by atoms with Crippen LogP contribution in [0.4, 0.5) is 40.8 Å². The Kier molecular flexibility index (Phi) is 5.22. The summed E-state index contributed by atoms with van der Waals surface area (Å²) in [5, 5.41) is 0. The average molecular weight is 478 g/mol. The van der Waals surface area contributed by atoms with E-state index in [-0.39, 0.29) is 0 Å². The number of hydrogen-bond donors (Lipinski definition) is 0. The molecule has 0 saturated carbocycles. The summed E-state index contributed by atoms with van der Waals surface area (Å²) in [6.07, 6.45) is 0. The second kappa shape index (κ2) is 5.93. The van der Waals surface area contributed by atoms with E-state index in [9.17, 15) is 43.5 Å². The van der Waals surface area contributed by atoms with Gasteiger partial charge in [-0.3, -0.25) is 0 Å². The van der Waals surface area contributed by atoms with Crippen molar-refractivity contribution < 1.29 is 43.5 Å². The van der Waals surface area contributed by atoms with Gasteiger partial charge in [-0.15, -0.1) is 0 Å². The van der Waals surface area contributed by atoms with Crippen molar-refractivity contribution in [1.29, 1.82) is 0 Å². The first kappa shape index (κ1) is 20.3. The number of nitrogens with zero attached hydrogens (tertiary/aromatic N) is 1. The van der Waals surface area contributed by atoms with Crippen molar-refractivity contribution in [3.8, 4) is 0 Å². The van der Waals surface area contributed by atoms with Gasteiger partial charge in [0.05, 0.1) is 0 Å². The number of halogens is 8. The molecule has 0 bridgehead atoms. The van der Waals surface area contributed by atoms with Crippen molar-refractivity contribution in [2.75, 3.05) is 2.53 Å². The van der Waals surface area contributed by atoms with Crippen LogP contribution in [0, 0.1) is 29.1 Å². The Labute approximate surface area is 130 Å². The Balaban J connectivity index is 3.95. The molecule has 0 aliphatic rings. The minimum atomic E-state index is -6.35. The van der Waals surface area contributed by atoms with E-state index in [0.29, 0.717) is 0 Å². The van der Waals surface area contributed by atoms with Crippen LogP contribution in [0.25, 0.3) is 0 Å². The molecule has 0 fully saturated rings. The van der Waals surface area contributed by atoms with Crippen molar-refractivity contribution in [3.05, 3.63) is 29.1 Å². The Morgan fingerprint density at radius 1 is 0.783 bits per heavy atom. The van der Waals surface area contributed by atoms with E-state index in [0.717, 1.165) is 14.8 Å². The zero-order chi connectivity index (χ0) is 18.5. The summed E-state index contributed by atoms with van der Waals surface area (Å²) in [6, 6.07) is 0. The molecular weight excluding hydrogens is 469 g/mol. The standard InChI is InChI=1S/C7F8NO2S.3CH3.Sn/c8-1-2(9)4(11)6(5(12)3(1)10)16-19(17,18)7(13,14)15;;;;/h;3*1H3;/q-1;;;;+1. The minimum absolute atomic E-state index is 0.669. The Hall–Kier alpha value is -0.791. The van der Waals surface area contributed by atoms with Gasteiger partial charge in [-0.2, -0.15) is 0 Å². The fourth-order valence-corrected chi connectivity index (χ4v) is 12.6. The van der Waals surface area contributed by atoms with Crippen molar-refractivity contribution in [3.63, 3.8) is 0 Å². The third-order valence-corrected chi connectivity index (χ3v) is 13.6. The summed E-state index contributed by atoms with van der Waals surface area (Å²) in [4.78, 5) is 2.99. The van der Waals surface area contributed by atoms with Crippen molar-refractivity contribution in [1.82, 2.24) is 0 Å². The molecule has 13 heteroatoms. The van der Waals surface area contributed by atoms with Gasteiger partial charge in [0, 0.05) is 0 Å². The van der Waals surface area contributed by atoms with Crippen molar-refractivity contribution in [2.45, 2.75) is 20.3 Å². The first-order chi connectivity index (χ1) is 10.0. The molecular formula is C10H9F8NO2SSn. The third kappa shape index (κ3) is 3.37. The van der Waals surface area contributed by atoms with Crippen molar-refractivity contribution in [2.24, 2.45) is 0 Å². The van der Waals surface area contributed by atoms with E-state index >= 15 is 0 Å². The van der Waals surface area contributed by atoms with Gasteiger partial charge >= 0.3 is 130 Å². The van der Waals surface area contributed by atoms with Crippen LogP contribution in [0.1, 0.15) is 0 Å². The van der Waals surface area contributed by atoms with E-state index in [1.165, 1.54) is 0 Å². The Morgan fingerprint density at radius 2 is 1.09 bits per heavy atom. The first-order valence-electron chi connectivity index (χ1n) is 5.68. The van der Waals surface area contributed by atoms with Gasteiger partial charge in [-0.05, 0) is 0 Å². The zero-order valence-corrected chi connectivity index (χ0v) is 15.4. The van der Waals surface area contributed by atoms with Crippen LogP contribution in [0.2, 0.25) is 14.8 Å². The topological polar surface area (TPSA) is 37.4 Å². The number of hydrogen-bond acceptors (Lipinski definition) is 2. The predicted molar refractivity (Wildman–Crippen MR) is 67.0 cm³/mol. The molecule has 0 amide bonds. The SMILES string of the molecule is [CH3][Sn]([CH3])([CH3])[N](c1c(F)c(F)c(F)c(F)c1F)S(=O)(=O)C(F)(F)F. The molecule has 0 aliphatic heterocycles. The number of sulfonamides is 1. The summed E-state index contributed by atoms with van der Waals surface area (Å²) >= 11 is -4.64. The predicted octanol–water partition coefficient (Wildman–Crippen LogP) is 3.87. The van der Waals surface area contributed by atoms with Crippen molar-refractivity contribution >= 4 is 34.4 Å². The van der Waals surface area contributed by atoms with Gasteiger partial charge in [0.25, 0.3) is 0 Å². The maximum atomic E-state index is 13.7. The molecule has 0 radical (unpaired) electrons. The molecule has 1 aromatic rings. The fraction of sp³-hybridized carbons (Fsp3) is 0.400. The molecule has 0 spiro atoms. The number of benzene rings is 1. The fourth-order valence-electron chi connectivity index (χ4n) is 1.69. The molecule has 0 atom stereocenters. The molecule has 23 heavy (non-hydrogen) atoms. The summed E-state index contributed by atoms with van der Waals surface area (Å²) in [5.74, 6) is -12.9. The molecule has 0 aromatic heterocycles. The summed E-state index contributed by atoms with van der Waals surface area (Å²) in [5.41, 5.74) is -8.08. The Morgan fingerprint density at radius 3 is 1.35 bits per heavy atom. The second-order valence-corrected chi connectivity index (χ2v) is 21.7. The van der Waals surface area contributed by atoms with Crippen LogP contribution in [0.5, 0.6) is 0 Å². The van der Waals surface area contributed by atoms with Gasteiger partial charge in [0.2, 0.25) is 0 Å². The summed E-state index contributed by atoms with van der Waals surface area (Å²) in [7, 11) is -6.35. The average Bonchev–Trinajstić information content (AvgIpc) is 2.36. The van der Waals surface area contributed by atoms with Crippen LogP contribution in [-0.4, -0.2) is 32.6 Å². The molecule has 0 aliphatic carbocycles. The maximum absolute atomic E-state index is 13.7. The van der Waals surface area contributed by atoms with E-state index < -0.39 is 71.5 Å². The van der Waals surface area contributed by atoms with E-state index in [1.807, 2.05) is 0 Å². The number of anilines is 1. The monoisotopic (exact) mass is 479 g/mol. The van der Waals surface area contributed by atoms with Gasteiger partial charge in [-0.25, -0.2) is 0 Å². The van der Waals surface area contributed by atoms with Crippen LogP contribution in [-0.2, 0) is 10.0 Å². The molecule has 1 rings (SSSR count). The number of rotatable bonds is 3.